The molecule has 0 radical (unpaired) electrons. The lowest BCUT2D eigenvalue weighted by molar-refractivity contribution is -0.129. The summed E-state index contributed by atoms with van der Waals surface area (Å²) in [6.07, 6.45) is 8.65. The second-order valence-electron chi connectivity index (χ2n) is 6.64. The lowest BCUT2D eigenvalue weighted by Crippen LogP contribution is -2.36. The highest BCUT2D eigenvalue weighted by Crippen LogP contribution is 2.27. The molecule has 1 unspecified atom stereocenters. The minimum atomic E-state index is -0.365. The minimum Gasteiger partial charge on any atom is -0.326 e. The molecule has 3 N–H and O–H groups in total. The molecule has 1 aliphatic rings. The summed E-state index contributed by atoms with van der Waals surface area (Å²) in [5, 5.41) is 2.48. The predicted octanol–water partition coefficient (Wildman–Crippen LogP) is 2.60. The van der Waals surface area contributed by atoms with Crippen molar-refractivity contribution < 1.29 is 9.59 Å². The molecule has 24 heavy (non-hydrogen) atoms. The average molecular weight is 328 g/mol. The fraction of sp³-hybridized carbons (Fsp3) is 0.474. The largest absolute Gasteiger partial charge is 0.326 e. The standard InChI is InChI=1S/C19H29BN2O2/c1-6-8-15(20-12(3)4)10-14(7-2)16-9-13(5)17(11-21)19(24)22-18(16)23/h6-8,10,12,16,20H,9,11,21H2,1-5H3,(H,22,23,24)/b8-6-,14-7+,15-10+. The lowest BCUT2D eigenvalue weighted by Gasteiger charge is -2.16. The summed E-state index contributed by atoms with van der Waals surface area (Å²) < 4.78 is 0. The van der Waals surface area contributed by atoms with E-state index in [4.69, 9.17) is 5.73 Å². The zero-order valence-electron chi connectivity index (χ0n) is 15.5. The maximum atomic E-state index is 12.5. The van der Waals surface area contributed by atoms with E-state index in [0.717, 1.165) is 18.4 Å². The van der Waals surface area contributed by atoms with Crippen molar-refractivity contribution in [2.45, 2.75) is 46.9 Å². The number of imide groups is 1. The van der Waals surface area contributed by atoms with E-state index in [1.807, 2.05) is 32.9 Å². The van der Waals surface area contributed by atoms with Crippen molar-refractivity contribution in [2.75, 3.05) is 6.54 Å². The van der Waals surface area contributed by atoms with Crippen molar-refractivity contribution in [3.8, 4) is 0 Å². The Hall–Kier alpha value is -1.88. The highest BCUT2D eigenvalue weighted by atomic mass is 16.2. The first-order valence-corrected chi connectivity index (χ1v) is 8.57. The Kier molecular flexibility index (Phi) is 7.92. The summed E-state index contributed by atoms with van der Waals surface area (Å²) in [6.45, 7) is 10.3. The molecular weight excluding hydrogens is 299 g/mol. The number of nitrogens with one attached hydrogen (secondary N) is 1. The van der Waals surface area contributed by atoms with Crippen LogP contribution in [-0.4, -0.2) is 25.6 Å². The van der Waals surface area contributed by atoms with Crippen molar-refractivity contribution in [1.29, 1.82) is 0 Å². The summed E-state index contributed by atoms with van der Waals surface area (Å²) in [5.41, 5.74) is 9.18. The highest BCUT2D eigenvalue weighted by Gasteiger charge is 2.29. The monoisotopic (exact) mass is 328 g/mol. The second-order valence-corrected chi connectivity index (χ2v) is 6.64. The average Bonchev–Trinajstić information content (AvgIpc) is 2.60. The molecule has 5 heteroatoms. The zero-order chi connectivity index (χ0) is 18.3. The predicted molar refractivity (Wildman–Crippen MR) is 102 cm³/mol. The first-order valence-electron chi connectivity index (χ1n) is 8.57. The Bertz CT molecular complexity index is 613. The molecule has 0 bridgehead atoms. The molecule has 2 amide bonds. The van der Waals surface area contributed by atoms with Crippen LogP contribution in [0.5, 0.6) is 0 Å². The molecule has 0 spiro atoms. The van der Waals surface area contributed by atoms with Crippen LogP contribution in [0, 0.1) is 5.92 Å². The van der Waals surface area contributed by atoms with Gasteiger partial charge in [0, 0.05) is 12.1 Å². The smallest absolute Gasteiger partial charge is 0.255 e. The summed E-state index contributed by atoms with van der Waals surface area (Å²) in [7, 11) is 0.942. The van der Waals surface area contributed by atoms with Gasteiger partial charge in [-0.05, 0) is 32.8 Å². The van der Waals surface area contributed by atoms with Crippen LogP contribution in [0.2, 0.25) is 5.82 Å². The molecule has 1 aliphatic heterocycles. The highest BCUT2D eigenvalue weighted by molar-refractivity contribution is 6.48. The van der Waals surface area contributed by atoms with Crippen molar-refractivity contribution in [1.82, 2.24) is 5.32 Å². The van der Waals surface area contributed by atoms with E-state index in [0.29, 0.717) is 17.8 Å². The number of allylic oxidation sites excluding steroid dienone is 6. The molecule has 0 aromatic rings. The zero-order valence-corrected chi connectivity index (χ0v) is 15.5. The number of rotatable bonds is 6. The third-order valence-corrected chi connectivity index (χ3v) is 4.17. The maximum absolute atomic E-state index is 12.5. The third-order valence-electron chi connectivity index (χ3n) is 4.17. The Morgan fingerprint density at radius 2 is 2.04 bits per heavy atom. The molecule has 0 saturated heterocycles. The van der Waals surface area contributed by atoms with E-state index >= 15 is 0 Å². The van der Waals surface area contributed by atoms with Crippen LogP contribution in [0.25, 0.3) is 0 Å². The van der Waals surface area contributed by atoms with Crippen LogP contribution in [0.3, 0.4) is 0 Å². The fourth-order valence-corrected chi connectivity index (χ4v) is 2.99. The van der Waals surface area contributed by atoms with Crippen LogP contribution in [-0.2, 0) is 9.59 Å². The van der Waals surface area contributed by atoms with Crippen molar-refractivity contribution in [2.24, 2.45) is 11.7 Å². The molecular formula is C19H29BN2O2. The van der Waals surface area contributed by atoms with Gasteiger partial charge < -0.3 is 5.73 Å². The normalized spacial score (nSPS) is 20.7. The SMILES string of the molecule is C\C=C/C(BC(C)C)=C\C(=C/C)C1CC(C)=C(CN)C(=O)NC1=O. The number of carbonyl (C=O) groups excluding carboxylic acids is 2. The molecule has 0 aromatic carbocycles. The van der Waals surface area contributed by atoms with Gasteiger partial charge in [-0.3, -0.25) is 14.9 Å². The molecule has 0 aromatic heterocycles. The molecule has 0 fully saturated rings. The molecule has 1 rings (SSSR count). The van der Waals surface area contributed by atoms with Gasteiger partial charge >= 0.3 is 0 Å². The van der Waals surface area contributed by atoms with E-state index in [9.17, 15) is 9.59 Å². The summed E-state index contributed by atoms with van der Waals surface area (Å²) in [6, 6.07) is 0. The maximum Gasteiger partial charge on any atom is 0.255 e. The fourth-order valence-electron chi connectivity index (χ4n) is 2.99. The van der Waals surface area contributed by atoms with Gasteiger partial charge in [-0.25, -0.2) is 0 Å². The number of amides is 2. The van der Waals surface area contributed by atoms with Gasteiger partial charge in [0.2, 0.25) is 5.91 Å². The van der Waals surface area contributed by atoms with E-state index in [1.165, 1.54) is 5.47 Å². The molecule has 0 saturated carbocycles. The van der Waals surface area contributed by atoms with Gasteiger partial charge in [0.1, 0.15) is 0 Å². The second kappa shape index (κ2) is 9.43. The molecule has 0 aliphatic carbocycles. The van der Waals surface area contributed by atoms with Gasteiger partial charge in [-0.1, -0.05) is 55.0 Å². The quantitative estimate of drug-likeness (QED) is 0.447. The Morgan fingerprint density at radius 1 is 1.38 bits per heavy atom. The topological polar surface area (TPSA) is 72.2 Å². The van der Waals surface area contributed by atoms with Gasteiger partial charge in [0.05, 0.1) is 5.92 Å². The summed E-state index contributed by atoms with van der Waals surface area (Å²) >= 11 is 0. The van der Waals surface area contributed by atoms with E-state index in [1.54, 1.807) is 0 Å². The van der Waals surface area contributed by atoms with Crippen LogP contribution >= 0.6 is 0 Å². The Labute approximate surface area is 146 Å². The summed E-state index contributed by atoms with van der Waals surface area (Å²) in [5.74, 6) is -0.453. The minimum absolute atomic E-state index is 0.149. The Balaban J connectivity index is 3.21. The van der Waals surface area contributed by atoms with Crippen molar-refractivity contribution in [3.05, 3.63) is 46.5 Å². The third kappa shape index (κ3) is 5.34. The number of nitrogens with two attached hydrogens (primary N) is 1. The molecule has 1 heterocycles. The first kappa shape index (κ1) is 20.2. The molecule has 4 nitrogen and oxygen atoms in total. The summed E-state index contributed by atoms with van der Waals surface area (Å²) in [4.78, 5) is 24.6. The lowest BCUT2D eigenvalue weighted by atomic mass is 9.59. The first-order chi connectivity index (χ1) is 11.3. The molecule has 130 valence electrons. The van der Waals surface area contributed by atoms with Crippen LogP contribution in [0.15, 0.2) is 46.5 Å². The van der Waals surface area contributed by atoms with Gasteiger partial charge in [0.15, 0.2) is 7.28 Å². The van der Waals surface area contributed by atoms with Gasteiger partial charge in [0.25, 0.3) is 5.91 Å². The van der Waals surface area contributed by atoms with Crippen LogP contribution < -0.4 is 11.1 Å². The number of hydrogen-bond acceptors (Lipinski definition) is 3. The van der Waals surface area contributed by atoms with Crippen LogP contribution in [0.4, 0.5) is 0 Å². The van der Waals surface area contributed by atoms with Gasteiger partial charge in [-0.15, -0.1) is 0 Å². The number of hydrogen-bond donors (Lipinski definition) is 2. The molecule has 1 atom stereocenters. The van der Waals surface area contributed by atoms with E-state index < -0.39 is 0 Å². The Morgan fingerprint density at radius 3 is 2.54 bits per heavy atom. The van der Waals surface area contributed by atoms with Crippen LogP contribution in [0.1, 0.15) is 41.0 Å². The van der Waals surface area contributed by atoms with E-state index in [-0.39, 0.29) is 24.3 Å². The van der Waals surface area contributed by atoms with Crippen molar-refractivity contribution >= 4 is 19.1 Å². The van der Waals surface area contributed by atoms with Crippen molar-refractivity contribution in [3.63, 3.8) is 0 Å². The van der Waals surface area contributed by atoms with E-state index in [2.05, 4.69) is 31.3 Å². The van der Waals surface area contributed by atoms with Gasteiger partial charge in [-0.2, -0.15) is 0 Å². The number of carbonyl (C=O) groups is 2.